The van der Waals surface area contributed by atoms with Crippen molar-refractivity contribution in [3.05, 3.63) is 94.0 Å². The number of carbonyl (C=O) groups is 2. The van der Waals surface area contributed by atoms with Gasteiger partial charge in [0.15, 0.2) is 5.41 Å². The Morgan fingerprint density at radius 2 is 1.85 bits per heavy atom. The van der Waals surface area contributed by atoms with Crippen molar-refractivity contribution >= 4 is 23.2 Å². The second-order valence-corrected chi connectivity index (χ2v) is 8.37. The van der Waals surface area contributed by atoms with Gasteiger partial charge >= 0.3 is 11.7 Å². The van der Waals surface area contributed by atoms with Crippen molar-refractivity contribution in [1.82, 2.24) is 0 Å². The van der Waals surface area contributed by atoms with Gasteiger partial charge in [0, 0.05) is 35.5 Å². The maximum atomic E-state index is 13.6. The van der Waals surface area contributed by atoms with Gasteiger partial charge in [-0.15, -0.1) is 0 Å². The number of benzene rings is 3. The van der Waals surface area contributed by atoms with Gasteiger partial charge < -0.3 is 19.9 Å². The number of fused-ring (bicyclic) bond motifs is 6. The Morgan fingerprint density at radius 3 is 2.58 bits per heavy atom. The Labute approximate surface area is 189 Å². The average Bonchev–Trinajstić information content (AvgIpc) is 3.05. The number of para-hydroxylation sites is 1. The number of nitrogens with zero attached hydrogens (tertiary/aromatic N) is 3. The van der Waals surface area contributed by atoms with Crippen LogP contribution in [0.1, 0.15) is 43.8 Å². The number of hydrogen-bond donors (Lipinski definition) is 0. The van der Waals surface area contributed by atoms with Crippen molar-refractivity contribution in [2.75, 3.05) is 25.1 Å². The molecule has 0 radical (unpaired) electrons. The molecule has 1 fully saturated rings. The fourth-order valence-electron chi connectivity index (χ4n) is 5.29. The van der Waals surface area contributed by atoms with E-state index in [1.807, 2.05) is 42.5 Å². The number of methoxy groups -OCH3 is 1. The smallest absolute Gasteiger partial charge is 0.358 e. The van der Waals surface area contributed by atoms with Crippen molar-refractivity contribution in [3.8, 4) is 11.5 Å². The molecule has 162 valence electrons. The fraction of sp³-hybridized carbons (Fsp3) is 0.192. The van der Waals surface area contributed by atoms with Gasteiger partial charge in [-0.1, -0.05) is 24.3 Å². The van der Waals surface area contributed by atoms with Gasteiger partial charge in [-0.3, -0.25) is 4.79 Å². The largest absolute Gasteiger partial charge is 0.465 e. The molecule has 0 amide bonds. The number of ketones is 1. The van der Waals surface area contributed by atoms with Gasteiger partial charge in [-0.25, -0.2) is 4.79 Å². The van der Waals surface area contributed by atoms with E-state index in [4.69, 9.17) is 9.47 Å². The van der Waals surface area contributed by atoms with Gasteiger partial charge in [-0.2, -0.15) is 4.79 Å². The van der Waals surface area contributed by atoms with Gasteiger partial charge in [0.2, 0.25) is 0 Å². The quantitative estimate of drug-likeness (QED) is 0.343. The highest BCUT2D eigenvalue weighted by Gasteiger charge is 2.63. The van der Waals surface area contributed by atoms with E-state index in [0.29, 0.717) is 33.8 Å². The van der Waals surface area contributed by atoms with Crippen LogP contribution in [0.2, 0.25) is 0 Å². The minimum atomic E-state index is -1.23. The molecule has 33 heavy (non-hydrogen) atoms. The maximum absolute atomic E-state index is 13.6. The lowest BCUT2D eigenvalue weighted by atomic mass is 9.66. The molecular formula is C26H19N3O4. The summed E-state index contributed by atoms with van der Waals surface area (Å²) in [7, 11) is 1.32. The summed E-state index contributed by atoms with van der Waals surface area (Å²) in [6.45, 7) is 1.76. The van der Waals surface area contributed by atoms with E-state index in [1.165, 1.54) is 7.11 Å². The molecule has 1 aliphatic carbocycles. The molecule has 7 nitrogen and oxygen atoms in total. The van der Waals surface area contributed by atoms with Gasteiger partial charge in [-0.05, 0) is 48.4 Å². The molecule has 2 heterocycles. The lowest BCUT2D eigenvalue weighted by Gasteiger charge is -2.41. The van der Waals surface area contributed by atoms with Crippen LogP contribution in [0.25, 0.3) is 5.53 Å². The zero-order valence-electron chi connectivity index (χ0n) is 17.9. The third-order valence-electron chi connectivity index (χ3n) is 6.85. The number of Topliss-reactive ketones (excluding diaryl/α,β-unsaturated/α-hetero) is 1. The molecule has 3 aromatic carbocycles. The minimum Gasteiger partial charge on any atom is -0.465 e. The number of carbonyl (C=O) groups excluding carboxylic acids is 2. The van der Waals surface area contributed by atoms with Crippen LogP contribution in [0.5, 0.6) is 11.5 Å². The molecule has 3 aliphatic rings. The molecule has 2 aliphatic heterocycles. The first-order chi connectivity index (χ1) is 16.1. The molecule has 0 bridgehead atoms. The fourth-order valence-corrected chi connectivity index (χ4v) is 5.29. The van der Waals surface area contributed by atoms with Crippen molar-refractivity contribution in [3.63, 3.8) is 0 Å². The van der Waals surface area contributed by atoms with E-state index in [0.717, 1.165) is 30.8 Å². The molecule has 1 atom stereocenters. The Morgan fingerprint density at radius 1 is 1.06 bits per heavy atom. The predicted octanol–water partition coefficient (Wildman–Crippen LogP) is 3.99. The van der Waals surface area contributed by atoms with Crippen LogP contribution in [0.15, 0.2) is 60.7 Å². The summed E-state index contributed by atoms with van der Waals surface area (Å²) in [4.78, 5) is 31.8. The highest BCUT2D eigenvalue weighted by molar-refractivity contribution is 6.52. The van der Waals surface area contributed by atoms with Crippen molar-refractivity contribution in [2.45, 2.75) is 11.8 Å². The van der Waals surface area contributed by atoms with Gasteiger partial charge in [0.1, 0.15) is 11.5 Å². The van der Waals surface area contributed by atoms with Crippen molar-refractivity contribution in [1.29, 1.82) is 0 Å². The van der Waals surface area contributed by atoms with Crippen molar-refractivity contribution < 1.29 is 23.9 Å². The molecule has 7 heteroatoms. The zero-order chi connectivity index (χ0) is 22.7. The standard InChI is InChI=1S/C26H19N3O4/c1-32-25(31)15-10-11-16-18(14-15)26(24(28-27)23(16)30)17-6-2-3-8-20(17)33-21-9-4-7-19(22(21)26)29-12-5-13-29/h2-4,6-11,14H,5,12-13H2,1H3. The summed E-state index contributed by atoms with van der Waals surface area (Å²) in [6, 6.07) is 18.1. The molecular weight excluding hydrogens is 418 g/mol. The number of hydrogen-bond acceptors (Lipinski definition) is 5. The summed E-state index contributed by atoms with van der Waals surface area (Å²) in [6.07, 6.45) is 1.07. The lowest BCUT2D eigenvalue weighted by molar-refractivity contribution is -0.0118. The second-order valence-electron chi connectivity index (χ2n) is 8.37. The summed E-state index contributed by atoms with van der Waals surface area (Å²) in [5.74, 6) is 0.260. The number of rotatable bonds is 2. The van der Waals surface area contributed by atoms with Gasteiger partial charge in [0.05, 0.1) is 12.7 Å². The van der Waals surface area contributed by atoms with Crippen LogP contribution in [-0.2, 0) is 10.2 Å². The third-order valence-corrected chi connectivity index (χ3v) is 6.85. The van der Waals surface area contributed by atoms with E-state index in [-0.39, 0.29) is 11.5 Å². The first kappa shape index (κ1) is 19.5. The highest BCUT2D eigenvalue weighted by atomic mass is 16.5. The monoisotopic (exact) mass is 437 g/mol. The summed E-state index contributed by atoms with van der Waals surface area (Å²) < 4.78 is 11.2. The molecule has 1 saturated heterocycles. The number of esters is 1. The Hall–Kier alpha value is -4.22. The van der Waals surface area contributed by atoms with E-state index in [9.17, 15) is 15.1 Å². The summed E-state index contributed by atoms with van der Waals surface area (Å²) in [5.41, 5.74) is 12.6. The van der Waals surface area contributed by atoms with E-state index >= 15 is 0 Å². The van der Waals surface area contributed by atoms with Crippen LogP contribution in [-0.4, -0.2) is 42.5 Å². The molecule has 0 saturated carbocycles. The SMILES string of the molecule is COC(=O)c1ccc2c(c1)C1(C(=[N+]=[N-])C2=O)c2ccccc2Oc2cccc(N3CCC3)c21. The first-order valence-electron chi connectivity index (χ1n) is 10.8. The molecule has 6 rings (SSSR count). The summed E-state index contributed by atoms with van der Waals surface area (Å²) >= 11 is 0. The van der Waals surface area contributed by atoms with Crippen LogP contribution < -0.4 is 9.64 Å². The molecule has 3 aromatic rings. The van der Waals surface area contributed by atoms with Crippen molar-refractivity contribution in [2.24, 2.45) is 0 Å². The zero-order valence-corrected chi connectivity index (χ0v) is 17.9. The normalized spacial score (nSPS) is 19.7. The first-order valence-corrected chi connectivity index (χ1v) is 10.8. The van der Waals surface area contributed by atoms with Gasteiger partial charge in [0.25, 0.3) is 5.78 Å². The van der Waals surface area contributed by atoms with E-state index in [1.54, 1.807) is 18.2 Å². The van der Waals surface area contributed by atoms with E-state index in [2.05, 4.69) is 9.69 Å². The number of anilines is 1. The minimum absolute atomic E-state index is 0.00973. The van der Waals surface area contributed by atoms with Crippen LogP contribution >= 0.6 is 0 Å². The molecule has 1 spiro atoms. The Balaban J connectivity index is 1.79. The molecule has 0 aromatic heterocycles. The third kappa shape index (κ3) is 2.40. The predicted molar refractivity (Wildman–Crippen MR) is 120 cm³/mol. The van der Waals surface area contributed by atoms with Crippen LogP contribution in [0, 0.1) is 0 Å². The second kappa shape index (κ2) is 6.89. The molecule has 1 unspecified atom stereocenters. The maximum Gasteiger partial charge on any atom is 0.358 e. The molecule has 0 N–H and O–H groups in total. The topological polar surface area (TPSA) is 92.2 Å². The van der Waals surface area contributed by atoms with Crippen LogP contribution in [0.3, 0.4) is 0 Å². The average molecular weight is 437 g/mol. The lowest BCUT2D eigenvalue weighted by Crippen LogP contribution is -2.44. The summed E-state index contributed by atoms with van der Waals surface area (Å²) in [5, 5.41) is 0. The van der Waals surface area contributed by atoms with Crippen LogP contribution in [0.4, 0.5) is 5.69 Å². The number of ether oxygens (including phenoxy) is 2. The van der Waals surface area contributed by atoms with E-state index < -0.39 is 11.4 Å². The Bertz CT molecular complexity index is 1420. The Kier molecular flexibility index (Phi) is 4.06. The highest BCUT2D eigenvalue weighted by Crippen LogP contribution is 2.58.